The summed E-state index contributed by atoms with van der Waals surface area (Å²) in [6.45, 7) is 3.99. The van der Waals surface area contributed by atoms with Crippen molar-refractivity contribution in [2.24, 2.45) is 5.92 Å². The summed E-state index contributed by atoms with van der Waals surface area (Å²) in [7, 11) is 0. The molecule has 2 N–H and O–H groups in total. The first-order valence-corrected chi connectivity index (χ1v) is 12.7. The van der Waals surface area contributed by atoms with Gasteiger partial charge < -0.3 is 29.2 Å². The lowest BCUT2D eigenvalue weighted by atomic mass is 9.97. The number of aliphatic hydroxyl groups excluding tert-OH is 1. The standard InChI is InChI=1S/C30H34N2O4/c33-25(22-36-28-12-6-9-27-26(28)13-16-31-27)19-32-17-14-24(15-18-32)21-35-30-11-5-4-10-29(30)34-20-23-7-2-1-3-8-23/h1-13,16,24-25,31,33H,14-15,17-22H2. The Morgan fingerprint density at radius 2 is 1.53 bits per heavy atom. The number of fused-ring (bicyclic) bond motifs is 1. The number of hydrogen-bond donors (Lipinski definition) is 2. The van der Waals surface area contributed by atoms with Crippen LogP contribution in [0.25, 0.3) is 10.9 Å². The third kappa shape index (κ3) is 6.39. The molecule has 0 spiro atoms. The average Bonchev–Trinajstić information content (AvgIpc) is 3.41. The third-order valence-corrected chi connectivity index (χ3v) is 6.72. The molecule has 0 amide bonds. The van der Waals surface area contributed by atoms with Gasteiger partial charge in [0.1, 0.15) is 25.1 Å². The molecule has 6 heteroatoms. The van der Waals surface area contributed by atoms with Gasteiger partial charge in [-0.3, -0.25) is 0 Å². The molecule has 5 rings (SSSR count). The summed E-state index contributed by atoms with van der Waals surface area (Å²) in [4.78, 5) is 5.50. The maximum atomic E-state index is 10.6. The summed E-state index contributed by atoms with van der Waals surface area (Å²) in [5, 5.41) is 11.6. The van der Waals surface area contributed by atoms with E-state index in [1.807, 2.05) is 72.9 Å². The Morgan fingerprint density at radius 3 is 2.33 bits per heavy atom. The van der Waals surface area contributed by atoms with E-state index in [2.05, 4.69) is 22.0 Å². The normalized spacial score (nSPS) is 15.6. The summed E-state index contributed by atoms with van der Waals surface area (Å²) in [6.07, 6.45) is 3.46. The zero-order valence-corrected chi connectivity index (χ0v) is 20.5. The highest BCUT2D eigenvalue weighted by molar-refractivity contribution is 5.85. The van der Waals surface area contributed by atoms with E-state index in [0.29, 0.717) is 25.7 Å². The molecule has 188 valence electrons. The fraction of sp³-hybridized carbons (Fsp3) is 0.333. The summed E-state index contributed by atoms with van der Waals surface area (Å²) in [6, 6.07) is 26.0. The van der Waals surface area contributed by atoms with Gasteiger partial charge in [0, 0.05) is 23.6 Å². The Balaban J connectivity index is 1.04. The number of ether oxygens (including phenoxy) is 3. The number of nitrogens with one attached hydrogen (secondary N) is 1. The molecule has 1 atom stereocenters. The first-order valence-electron chi connectivity index (χ1n) is 12.7. The van der Waals surface area contributed by atoms with Crippen LogP contribution < -0.4 is 14.2 Å². The van der Waals surface area contributed by atoms with Gasteiger partial charge in [-0.1, -0.05) is 48.5 Å². The van der Waals surface area contributed by atoms with E-state index in [9.17, 15) is 5.11 Å². The zero-order valence-electron chi connectivity index (χ0n) is 20.5. The second-order valence-corrected chi connectivity index (χ2v) is 9.44. The number of likely N-dealkylation sites (tertiary alicyclic amines) is 1. The van der Waals surface area contributed by atoms with Crippen LogP contribution in [0, 0.1) is 5.92 Å². The number of benzene rings is 3. The Kier molecular flexibility index (Phi) is 8.06. The molecule has 1 unspecified atom stereocenters. The number of para-hydroxylation sites is 2. The predicted octanol–water partition coefficient (Wildman–Crippen LogP) is 5.28. The van der Waals surface area contributed by atoms with Crippen molar-refractivity contribution < 1.29 is 19.3 Å². The Hall–Kier alpha value is -3.48. The predicted molar refractivity (Wildman–Crippen MR) is 142 cm³/mol. The minimum atomic E-state index is -0.527. The number of aromatic nitrogens is 1. The Labute approximate surface area is 212 Å². The van der Waals surface area contributed by atoms with Gasteiger partial charge in [-0.25, -0.2) is 0 Å². The lowest BCUT2D eigenvalue weighted by Crippen LogP contribution is -2.41. The van der Waals surface area contributed by atoms with Crippen molar-refractivity contribution >= 4 is 10.9 Å². The van der Waals surface area contributed by atoms with E-state index in [0.717, 1.165) is 59.6 Å². The number of hydrogen-bond acceptors (Lipinski definition) is 5. The van der Waals surface area contributed by atoms with Gasteiger partial charge in [-0.05, 0) is 67.7 Å². The monoisotopic (exact) mass is 486 g/mol. The van der Waals surface area contributed by atoms with Crippen LogP contribution in [-0.2, 0) is 6.61 Å². The molecule has 4 aromatic rings. The van der Waals surface area contributed by atoms with Gasteiger partial charge in [-0.15, -0.1) is 0 Å². The van der Waals surface area contributed by atoms with Crippen LogP contribution in [0.2, 0.25) is 0 Å². The zero-order chi connectivity index (χ0) is 24.6. The Morgan fingerprint density at radius 1 is 0.806 bits per heavy atom. The molecule has 1 fully saturated rings. The molecular formula is C30H34N2O4. The van der Waals surface area contributed by atoms with E-state index in [-0.39, 0.29) is 6.61 Å². The van der Waals surface area contributed by atoms with Gasteiger partial charge in [0.15, 0.2) is 11.5 Å². The molecule has 0 saturated carbocycles. The lowest BCUT2D eigenvalue weighted by Gasteiger charge is -2.33. The maximum Gasteiger partial charge on any atom is 0.161 e. The molecule has 0 bridgehead atoms. The van der Waals surface area contributed by atoms with Gasteiger partial charge in [0.2, 0.25) is 0 Å². The first-order chi connectivity index (χ1) is 17.7. The van der Waals surface area contributed by atoms with Crippen LogP contribution in [0.1, 0.15) is 18.4 Å². The van der Waals surface area contributed by atoms with Gasteiger partial charge in [0.05, 0.1) is 6.61 Å². The maximum absolute atomic E-state index is 10.6. The van der Waals surface area contributed by atoms with E-state index >= 15 is 0 Å². The molecule has 3 aromatic carbocycles. The molecule has 36 heavy (non-hydrogen) atoms. The minimum absolute atomic E-state index is 0.285. The summed E-state index contributed by atoms with van der Waals surface area (Å²) in [5.74, 6) is 2.86. The van der Waals surface area contributed by atoms with E-state index in [1.165, 1.54) is 0 Å². The molecule has 1 aliphatic rings. The third-order valence-electron chi connectivity index (χ3n) is 6.72. The first kappa shape index (κ1) is 24.2. The number of rotatable bonds is 11. The number of aromatic amines is 1. The molecular weight excluding hydrogens is 452 g/mol. The molecule has 1 saturated heterocycles. The molecule has 0 radical (unpaired) electrons. The average molecular weight is 487 g/mol. The number of nitrogens with zero attached hydrogens (tertiary/aromatic N) is 1. The summed E-state index contributed by atoms with van der Waals surface area (Å²) in [5.41, 5.74) is 2.17. The van der Waals surface area contributed by atoms with Crippen LogP contribution >= 0.6 is 0 Å². The van der Waals surface area contributed by atoms with Gasteiger partial charge >= 0.3 is 0 Å². The highest BCUT2D eigenvalue weighted by Gasteiger charge is 2.22. The minimum Gasteiger partial charge on any atom is -0.490 e. The van der Waals surface area contributed by atoms with Crippen molar-refractivity contribution in [2.75, 3.05) is 32.8 Å². The van der Waals surface area contributed by atoms with Crippen molar-refractivity contribution in [2.45, 2.75) is 25.6 Å². The van der Waals surface area contributed by atoms with Crippen LogP contribution in [0.5, 0.6) is 17.2 Å². The van der Waals surface area contributed by atoms with Crippen molar-refractivity contribution in [1.29, 1.82) is 0 Å². The highest BCUT2D eigenvalue weighted by Crippen LogP contribution is 2.29. The number of H-pyrrole nitrogens is 1. The van der Waals surface area contributed by atoms with Crippen LogP contribution in [0.15, 0.2) is 85.1 Å². The van der Waals surface area contributed by atoms with E-state index < -0.39 is 6.10 Å². The van der Waals surface area contributed by atoms with Crippen molar-refractivity contribution in [3.63, 3.8) is 0 Å². The largest absolute Gasteiger partial charge is 0.490 e. The van der Waals surface area contributed by atoms with E-state index in [1.54, 1.807) is 0 Å². The SMILES string of the molecule is OC(COc1cccc2[nH]ccc12)CN1CCC(COc2ccccc2OCc2ccccc2)CC1. The number of β-amino-alcohol motifs (C(OH)–C–C–N with tert-alkyl or cyclic N) is 1. The fourth-order valence-electron chi connectivity index (χ4n) is 4.69. The van der Waals surface area contributed by atoms with Crippen molar-refractivity contribution in [1.82, 2.24) is 9.88 Å². The van der Waals surface area contributed by atoms with Gasteiger partial charge in [0.25, 0.3) is 0 Å². The lowest BCUT2D eigenvalue weighted by molar-refractivity contribution is 0.0505. The second kappa shape index (κ2) is 12.0. The number of aliphatic hydroxyl groups is 1. The smallest absolute Gasteiger partial charge is 0.161 e. The van der Waals surface area contributed by atoms with Crippen molar-refractivity contribution in [3.05, 3.63) is 90.6 Å². The molecule has 0 aliphatic carbocycles. The molecule has 2 heterocycles. The second-order valence-electron chi connectivity index (χ2n) is 9.44. The van der Waals surface area contributed by atoms with Crippen LogP contribution in [0.3, 0.4) is 0 Å². The highest BCUT2D eigenvalue weighted by atomic mass is 16.5. The molecule has 1 aromatic heterocycles. The Bertz CT molecular complexity index is 1220. The van der Waals surface area contributed by atoms with Crippen LogP contribution in [0.4, 0.5) is 0 Å². The van der Waals surface area contributed by atoms with E-state index in [4.69, 9.17) is 14.2 Å². The van der Waals surface area contributed by atoms with Gasteiger partial charge in [-0.2, -0.15) is 0 Å². The summed E-state index contributed by atoms with van der Waals surface area (Å²) >= 11 is 0. The quantitative estimate of drug-likeness (QED) is 0.302. The number of piperidine rings is 1. The fourth-order valence-corrected chi connectivity index (χ4v) is 4.69. The van der Waals surface area contributed by atoms with Crippen LogP contribution in [-0.4, -0.2) is 53.9 Å². The summed E-state index contributed by atoms with van der Waals surface area (Å²) < 4.78 is 18.1. The molecule has 6 nitrogen and oxygen atoms in total. The van der Waals surface area contributed by atoms with Crippen molar-refractivity contribution in [3.8, 4) is 17.2 Å². The topological polar surface area (TPSA) is 67.0 Å². The molecule has 1 aliphatic heterocycles.